The van der Waals surface area contributed by atoms with E-state index >= 15 is 0 Å². The summed E-state index contributed by atoms with van der Waals surface area (Å²) in [5.41, 5.74) is 0.759. The third kappa shape index (κ3) is 4.49. The lowest BCUT2D eigenvalue weighted by Crippen LogP contribution is -2.39. The van der Waals surface area contributed by atoms with Gasteiger partial charge >= 0.3 is 5.97 Å². The van der Waals surface area contributed by atoms with Crippen molar-refractivity contribution < 1.29 is 23.8 Å². The Bertz CT molecular complexity index is 813. The van der Waals surface area contributed by atoms with Crippen LogP contribution in [0.3, 0.4) is 0 Å². The number of amides is 1. The number of amidine groups is 1. The number of ether oxygens (including phenoxy) is 3. The average molecular weight is 404 g/mol. The van der Waals surface area contributed by atoms with Gasteiger partial charge in [0.05, 0.1) is 31.6 Å². The van der Waals surface area contributed by atoms with Crippen LogP contribution >= 0.6 is 11.8 Å². The smallest absolute Gasteiger partial charge is 0.309 e. The summed E-state index contributed by atoms with van der Waals surface area (Å²) in [4.78, 5) is 31.1. The molecule has 3 rings (SSSR count). The minimum absolute atomic E-state index is 0.0741. The van der Waals surface area contributed by atoms with Gasteiger partial charge in [0, 0.05) is 18.7 Å². The van der Waals surface area contributed by atoms with Crippen LogP contribution in [0.15, 0.2) is 28.1 Å². The van der Waals surface area contributed by atoms with E-state index in [0.717, 1.165) is 5.56 Å². The number of carbonyl (C=O) groups excluding carboxylic acids is 2. The Labute approximate surface area is 168 Å². The van der Waals surface area contributed by atoms with E-state index in [-0.39, 0.29) is 17.8 Å². The van der Waals surface area contributed by atoms with Gasteiger partial charge in [-0.2, -0.15) is 4.99 Å². The maximum Gasteiger partial charge on any atom is 0.309 e. The molecule has 0 spiro atoms. The number of likely N-dealkylation sites (tertiary alicyclic amines) is 1. The zero-order valence-corrected chi connectivity index (χ0v) is 17.1. The van der Waals surface area contributed by atoms with Crippen molar-refractivity contribution in [3.8, 4) is 11.5 Å². The second-order valence-electron chi connectivity index (χ2n) is 6.43. The number of piperidine rings is 1. The molecule has 1 saturated heterocycles. The molecule has 0 radical (unpaired) electrons. The van der Waals surface area contributed by atoms with Crippen molar-refractivity contribution in [3.63, 3.8) is 0 Å². The fraction of sp³-hybridized carbons (Fsp3) is 0.450. The maximum atomic E-state index is 12.4. The van der Waals surface area contributed by atoms with Gasteiger partial charge in [-0.15, -0.1) is 0 Å². The van der Waals surface area contributed by atoms with E-state index in [2.05, 4.69) is 9.89 Å². The number of aliphatic imine (C=N–C) groups is 1. The number of methoxy groups -OCH3 is 2. The van der Waals surface area contributed by atoms with Gasteiger partial charge in [-0.05, 0) is 55.8 Å². The fourth-order valence-corrected chi connectivity index (χ4v) is 4.15. The van der Waals surface area contributed by atoms with Crippen molar-refractivity contribution in [1.29, 1.82) is 0 Å². The van der Waals surface area contributed by atoms with Crippen molar-refractivity contribution in [1.82, 2.24) is 4.90 Å². The van der Waals surface area contributed by atoms with Gasteiger partial charge in [0.1, 0.15) is 11.5 Å². The Kier molecular flexibility index (Phi) is 6.61. The molecule has 1 amide bonds. The molecule has 1 aromatic carbocycles. The highest BCUT2D eigenvalue weighted by atomic mass is 32.2. The van der Waals surface area contributed by atoms with E-state index in [1.54, 1.807) is 32.4 Å². The first-order chi connectivity index (χ1) is 13.5. The highest BCUT2D eigenvalue weighted by molar-refractivity contribution is 8.18. The number of thioether (sulfide) groups is 1. The fourth-order valence-electron chi connectivity index (χ4n) is 3.19. The molecule has 0 atom stereocenters. The zero-order valence-electron chi connectivity index (χ0n) is 16.3. The van der Waals surface area contributed by atoms with E-state index < -0.39 is 0 Å². The lowest BCUT2D eigenvalue weighted by molar-refractivity contribution is -0.149. The molecule has 0 unspecified atom stereocenters. The van der Waals surface area contributed by atoms with Gasteiger partial charge in [-0.25, -0.2) is 0 Å². The van der Waals surface area contributed by atoms with Gasteiger partial charge in [0.25, 0.3) is 5.91 Å². The Morgan fingerprint density at radius 2 is 2.04 bits per heavy atom. The van der Waals surface area contributed by atoms with Crippen molar-refractivity contribution in [2.24, 2.45) is 10.9 Å². The van der Waals surface area contributed by atoms with E-state index in [9.17, 15) is 9.59 Å². The normalized spacial score (nSPS) is 19.0. The first-order valence-electron chi connectivity index (χ1n) is 9.21. The maximum absolute atomic E-state index is 12.4. The molecule has 0 bridgehead atoms. The molecule has 0 N–H and O–H groups in total. The average Bonchev–Trinajstić information content (AvgIpc) is 3.08. The van der Waals surface area contributed by atoms with Crippen LogP contribution in [0.25, 0.3) is 6.08 Å². The van der Waals surface area contributed by atoms with Crippen LogP contribution in [0.1, 0.15) is 25.3 Å². The Morgan fingerprint density at radius 3 is 2.68 bits per heavy atom. The molecule has 8 heteroatoms. The number of hydrogen-bond donors (Lipinski definition) is 0. The third-order valence-corrected chi connectivity index (χ3v) is 5.76. The molecular formula is C20H24N2O5S. The second-order valence-corrected chi connectivity index (χ2v) is 7.44. The molecule has 0 aliphatic carbocycles. The topological polar surface area (TPSA) is 77.4 Å². The largest absolute Gasteiger partial charge is 0.497 e. The predicted octanol–water partition coefficient (Wildman–Crippen LogP) is 2.95. The summed E-state index contributed by atoms with van der Waals surface area (Å²) in [7, 11) is 3.18. The van der Waals surface area contributed by atoms with Crippen LogP contribution in [0, 0.1) is 5.92 Å². The Balaban J connectivity index is 1.68. The van der Waals surface area contributed by atoms with Gasteiger partial charge in [-0.1, -0.05) is 0 Å². The highest BCUT2D eigenvalue weighted by Gasteiger charge is 2.31. The summed E-state index contributed by atoms with van der Waals surface area (Å²) < 4.78 is 15.7. The molecule has 1 aromatic rings. The summed E-state index contributed by atoms with van der Waals surface area (Å²) in [5, 5.41) is 0.681. The number of benzene rings is 1. The predicted molar refractivity (Wildman–Crippen MR) is 108 cm³/mol. The van der Waals surface area contributed by atoms with Crippen LogP contribution in [0.5, 0.6) is 11.5 Å². The lowest BCUT2D eigenvalue weighted by Gasteiger charge is -2.31. The first kappa shape index (κ1) is 20.3. The number of carbonyl (C=O) groups is 2. The molecule has 2 aliphatic rings. The number of esters is 1. The highest BCUT2D eigenvalue weighted by Crippen LogP contribution is 2.35. The van der Waals surface area contributed by atoms with Gasteiger partial charge in [0.2, 0.25) is 0 Å². The molecular weight excluding hydrogens is 380 g/mol. The minimum atomic E-state index is -0.266. The second kappa shape index (κ2) is 9.14. The van der Waals surface area contributed by atoms with Crippen LogP contribution in [0.4, 0.5) is 0 Å². The summed E-state index contributed by atoms with van der Waals surface area (Å²) in [5.74, 6) is 0.868. The Morgan fingerprint density at radius 1 is 1.29 bits per heavy atom. The van der Waals surface area contributed by atoms with E-state index in [1.807, 2.05) is 13.0 Å². The molecule has 0 aromatic heterocycles. The zero-order chi connectivity index (χ0) is 20.1. The van der Waals surface area contributed by atoms with Crippen molar-refractivity contribution in [2.75, 3.05) is 33.9 Å². The molecule has 28 heavy (non-hydrogen) atoms. The summed E-state index contributed by atoms with van der Waals surface area (Å²) >= 11 is 1.35. The Hall–Kier alpha value is -2.48. The summed E-state index contributed by atoms with van der Waals surface area (Å²) in [6.45, 7) is 3.57. The van der Waals surface area contributed by atoms with E-state index in [4.69, 9.17) is 14.2 Å². The van der Waals surface area contributed by atoms with E-state index in [1.165, 1.54) is 11.8 Å². The van der Waals surface area contributed by atoms with Crippen molar-refractivity contribution in [3.05, 3.63) is 28.7 Å². The third-order valence-electron chi connectivity index (χ3n) is 4.72. The lowest BCUT2D eigenvalue weighted by atomic mass is 9.97. The number of hydrogen-bond acceptors (Lipinski definition) is 7. The summed E-state index contributed by atoms with van der Waals surface area (Å²) in [6.07, 6.45) is 3.18. The summed E-state index contributed by atoms with van der Waals surface area (Å²) in [6, 6.07) is 5.43. The van der Waals surface area contributed by atoms with E-state index in [0.29, 0.717) is 54.1 Å². The number of rotatable bonds is 5. The molecule has 2 aliphatic heterocycles. The molecule has 7 nitrogen and oxygen atoms in total. The van der Waals surface area contributed by atoms with Crippen LogP contribution in [-0.2, 0) is 14.3 Å². The SMILES string of the molecule is CCOC(=O)C1CCN(C2=NC(=O)/C(=C\c3cc(OC)ccc3OC)S2)CC1. The van der Waals surface area contributed by atoms with Gasteiger partial charge in [-0.3, -0.25) is 9.59 Å². The number of nitrogens with zero attached hydrogens (tertiary/aromatic N) is 2. The quantitative estimate of drug-likeness (QED) is 0.551. The molecule has 150 valence electrons. The van der Waals surface area contributed by atoms with Gasteiger partial charge < -0.3 is 19.1 Å². The minimum Gasteiger partial charge on any atom is -0.497 e. The van der Waals surface area contributed by atoms with Crippen LogP contribution < -0.4 is 9.47 Å². The molecule has 2 heterocycles. The monoisotopic (exact) mass is 404 g/mol. The van der Waals surface area contributed by atoms with Gasteiger partial charge in [0.15, 0.2) is 5.17 Å². The van der Waals surface area contributed by atoms with Crippen molar-refractivity contribution in [2.45, 2.75) is 19.8 Å². The standard InChI is InChI=1S/C20H24N2O5S/c1-4-27-19(24)13-7-9-22(10-8-13)20-21-18(23)17(28-20)12-14-11-15(25-2)5-6-16(14)26-3/h5-6,11-13H,4,7-10H2,1-3H3/b17-12+. The van der Waals surface area contributed by atoms with Crippen molar-refractivity contribution >= 4 is 34.9 Å². The van der Waals surface area contributed by atoms with Crippen LogP contribution in [-0.4, -0.2) is 55.9 Å². The van der Waals surface area contributed by atoms with Crippen LogP contribution in [0.2, 0.25) is 0 Å². The molecule has 0 saturated carbocycles. The first-order valence-corrected chi connectivity index (χ1v) is 10.0. The molecule has 1 fully saturated rings.